The van der Waals surface area contributed by atoms with E-state index in [1.807, 2.05) is 19.1 Å². The zero-order chi connectivity index (χ0) is 14.8. The first-order valence-electron chi connectivity index (χ1n) is 6.12. The molecule has 0 aliphatic rings. The summed E-state index contributed by atoms with van der Waals surface area (Å²) in [6.07, 6.45) is -2.71. The second-order valence-corrected chi connectivity index (χ2v) is 5.52. The summed E-state index contributed by atoms with van der Waals surface area (Å²) < 4.78 is 39.1. The van der Waals surface area contributed by atoms with Gasteiger partial charge in [0.25, 0.3) is 0 Å². The predicted octanol–water partition coefficient (Wildman–Crippen LogP) is 5.34. The Bertz CT molecular complexity index is 569. The summed E-state index contributed by atoms with van der Waals surface area (Å²) in [6.45, 7) is 1.86. The van der Waals surface area contributed by atoms with Crippen LogP contribution in [0.25, 0.3) is 0 Å². The molecule has 20 heavy (non-hydrogen) atoms. The van der Waals surface area contributed by atoms with Crippen molar-refractivity contribution in [2.24, 2.45) is 0 Å². The highest BCUT2D eigenvalue weighted by molar-refractivity contribution is 9.09. The third kappa shape index (κ3) is 3.20. The van der Waals surface area contributed by atoms with Crippen molar-refractivity contribution in [3.8, 4) is 0 Å². The lowest BCUT2D eigenvalue weighted by molar-refractivity contribution is -0.138. The van der Waals surface area contributed by atoms with Crippen LogP contribution in [0.1, 0.15) is 34.5 Å². The first-order chi connectivity index (χ1) is 9.41. The summed E-state index contributed by atoms with van der Waals surface area (Å²) in [6, 6.07) is 11.0. The standard InChI is InChI=1S/C15H13BrF3N/c1-10(13-8-4-5-9-20-13)14(16)11-6-2-3-7-12(11)15(17,18)19/h2-10,14H,1H3. The van der Waals surface area contributed by atoms with Gasteiger partial charge in [-0.05, 0) is 23.8 Å². The number of halogens is 4. The van der Waals surface area contributed by atoms with Gasteiger partial charge in [-0.2, -0.15) is 13.2 Å². The Morgan fingerprint density at radius 3 is 2.30 bits per heavy atom. The van der Waals surface area contributed by atoms with Gasteiger partial charge in [0, 0.05) is 22.6 Å². The number of rotatable bonds is 3. The van der Waals surface area contributed by atoms with E-state index in [1.165, 1.54) is 12.1 Å². The molecule has 1 heterocycles. The zero-order valence-corrected chi connectivity index (χ0v) is 12.3. The van der Waals surface area contributed by atoms with E-state index in [0.717, 1.165) is 11.8 Å². The van der Waals surface area contributed by atoms with E-state index in [1.54, 1.807) is 18.3 Å². The van der Waals surface area contributed by atoms with Crippen molar-refractivity contribution in [1.82, 2.24) is 4.98 Å². The number of aromatic nitrogens is 1. The van der Waals surface area contributed by atoms with E-state index >= 15 is 0 Å². The number of benzene rings is 1. The predicted molar refractivity (Wildman–Crippen MR) is 75.8 cm³/mol. The van der Waals surface area contributed by atoms with Gasteiger partial charge in [-0.25, -0.2) is 0 Å². The Labute approximate surface area is 124 Å². The lowest BCUT2D eigenvalue weighted by Gasteiger charge is -2.22. The van der Waals surface area contributed by atoms with Crippen LogP contribution in [-0.4, -0.2) is 4.98 Å². The largest absolute Gasteiger partial charge is 0.416 e. The summed E-state index contributed by atoms with van der Waals surface area (Å²) in [4.78, 5) is 3.76. The van der Waals surface area contributed by atoms with E-state index in [9.17, 15) is 13.2 Å². The second kappa shape index (κ2) is 5.95. The minimum atomic E-state index is -4.35. The lowest BCUT2D eigenvalue weighted by Crippen LogP contribution is -2.13. The van der Waals surface area contributed by atoms with Crippen molar-refractivity contribution in [1.29, 1.82) is 0 Å². The monoisotopic (exact) mass is 343 g/mol. The van der Waals surface area contributed by atoms with Crippen LogP contribution in [0, 0.1) is 0 Å². The van der Waals surface area contributed by atoms with Gasteiger partial charge in [0.15, 0.2) is 0 Å². The van der Waals surface area contributed by atoms with E-state index in [2.05, 4.69) is 20.9 Å². The van der Waals surface area contributed by atoms with Crippen LogP contribution < -0.4 is 0 Å². The molecule has 0 spiro atoms. The fourth-order valence-corrected chi connectivity index (χ4v) is 2.73. The molecular weight excluding hydrogens is 331 g/mol. The van der Waals surface area contributed by atoms with E-state index < -0.39 is 16.6 Å². The summed E-state index contributed by atoms with van der Waals surface area (Å²) in [5.41, 5.74) is 0.383. The normalized spacial score (nSPS) is 14.8. The number of hydrogen-bond donors (Lipinski definition) is 0. The molecular formula is C15H13BrF3N. The zero-order valence-electron chi connectivity index (χ0n) is 10.7. The van der Waals surface area contributed by atoms with E-state index in [0.29, 0.717) is 0 Å². The van der Waals surface area contributed by atoms with Gasteiger partial charge in [-0.15, -0.1) is 0 Å². The highest BCUT2D eigenvalue weighted by Gasteiger charge is 2.35. The average Bonchev–Trinajstić information content (AvgIpc) is 2.46. The van der Waals surface area contributed by atoms with Crippen LogP contribution in [0.15, 0.2) is 48.7 Å². The minimum absolute atomic E-state index is 0.167. The fraction of sp³-hybridized carbons (Fsp3) is 0.267. The number of alkyl halides is 4. The summed E-state index contributed by atoms with van der Waals surface area (Å²) in [5, 5.41) is 0. The highest BCUT2D eigenvalue weighted by atomic mass is 79.9. The minimum Gasteiger partial charge on any atom is -0.261 e. The van der Waals surface area contributed by atoms with Crippen molar-refractivity contribution in [2.45, 2.75) is 23.8 Å². The van der Waals surface area contributed by atoms with Gasteiger partial charge in [0.1, 0.15) is 0 Å². The highest BCUT2D eigenvalue weighted by Crippen LogP contribution is 2.42. The molecule has 2 atom stereocenters. The van der Waals surface area contributed by atoms with Crippen LogP contribution in [0.2, 0.25) is 0 Å². The molecule has 0 fully saturated rings. The SMILES string of the molecule is CC(c1ccccn1)C(Br)c1ccccc1C(F)(F)F. The topological polar surface area (TPSA) is 12.9 Å². The molecule has 0 radical (unpaired) electrons. The molecule has 1 nitrogen and oxygen atoms in total. The van der Waals surface area contributed by atoms with Gasteiger partial charge < -0.3 is 0 Å². The van der Waals surface area contributed by atoms with E-state index in [4.69, 9.17) is 0 Å². The van der Waals surface area contributed by atoms with Crippen LogP contribution in [-0.2, 0) is 6.18 Å². The molecule has 106 valence electrons. The van der Waals surface area contributed by atoms with Gasteiger partial charge >= 0.3 is 6.18 Å². The summed E-state index contributed by atoms with van der Waals surface area (Å²) in [5.74, 6) is -0.167. The molecule has 0 aliphatic heterocycles. The Morgan fingerprint density at radius 1 is 1.05 bits per heavy atom. The van der Waals surface area contributed by atoms with Crippen molar-refractivity contribution in [3.63, 3.8) is 0 Å². The van der Waals surface area contributed by atoms with Crippen LogP contribution in [0.3, 0.4) is 0 Å². The van der Waals surface area contributed by atoms with Gasteiger partial charge in [0.05, 0.1) is 5.56 Å². The maximum atomic E-state index is 13.0. The van der Waals surface area contributed by atoms with Crippen molar-refractivity contribution < 1.29 is 13.2 Å². The molecule has 0 aliphatic carbocycles. The quantitative estimate of drug-likeness (QED) is 0.685. The van der Waals surface area contributed by atoms with Crippen LogP contribution in [0.5, 0.6) is 0 Å². The first-order valence-corrected chi connectivity index (χ1v) is 7.04. The second-order valence-electron chi connectivity index (χ2n) is 4.53. The fourth-order valence-electron chi connectivity index (χ4n) is 2.06. The van der Waals surface area contributed by atoms with Crippen molar-refractivity contribution in [2.75, 3.05) is 0 Å². The Kier molecular flexibility index (Phi) is 4.48. The smallest absolute Gasteiger partial charge is 0.261 e. The molecule has 0 amide bonds. The third-order valence-corrected chi connectivity index (χ3v) is 4.44. The molecule has 0 N–H and O–H groups in total. The number of pyridine rings is 1. The van der Waals surface area contributed by atoms with Gasteiger partial charge in [0.2, 0.25) is 0 Å². The van der Waals surface area contributed by atoms with Crippen molar-refractivity contribution in [3.05, 3.63) is 65.5 Å². The van der Waals surface area contributed by atoms with Gasteiger partial charge in [-0.1, -0.05) is 47.1 Å². The molecule has 0 saturated heterocycles. The average molecular weight is 344 g/mol. The molecule has 2 unspecified atom stereocenters. The van der Waals surface area contributed by atoms with E-state index in [-0.39, 0.29) is 11.5 Å². The van der Waals surface area contributed by atoms with Gasteiger partial charge in [-0.3, -0.25) is 4.98 Å². The number of hydrogen-bond acceptors (Lipinski definition) is 1. The van der Waals surface area contributed by atoms with Crippen LogP contribution >= 0.6 is 15.9 Å². The summed E-state index contributed by atoms with van der Waals surface area (Å²) in [7, 11) is 0. The Hall–Kier alpha value is -1.36. The molecule has 0 saturated carbocycles. The lowest BCUT2D eigenvalue weighted by atomic mass is 9.94. The Morgan fingerprint density at radius 2 is 1.70 bits per heavy atom. The molecule has 1 aromatic carbocycles. The van der Waals surface area contributed by atoms with Crippen molar-refractivity contribution >= 4 is 15.9 Å². The maximum absolute atomic E-state index is 13.0. The molecule has 2 aromatic rings. The molecule has 2 rings (SSSR count). The third-order valence-electron chi connectivity index (χ3n) is 3.16. The summed E-state index contributed by atoms with van der Waals surface area (Å²) >= 11 is 3.39. The Balaban J connectivity index is 2.37. The molecule has 5 heteroatoms. The van der Waals surface area contributed by atoms with Crippen LogP contribution in [0.4, 0.5) is 13.2 Å². The maximum Gasteiger partial charge on any atom is 0.416 e. The first kappa shape index (κ1) is 15.0. The molecule has 0 bridgehead atoms. The molecule has 1 aromatic heterocycles. The number of nitrogens with zero attached hydrogens (tertiary/aromatic N) is 1.